The zero-order valence-electron chi connectivity index (χ0n) is 17.7. The molecule has 0 amide bonds. The van der Waals surface area contributed by atoms with E-state index < -0.39 is 23.7 Å². The summed E-state index contributed by atoms with van der Waals surface area (Å²) in [5.41, 5.74) is 0.648. The number of Topliss-reactive ketones (excluding diaryl/α,β-unsaturated/α-hetero) is 1. The molecule has 0 N–H and O–H groups in total. The highest BCUT2D eigenvalue weighted by Crippen LogP contribution is 2.12. The van der Waals surface area contributed by atoms with Crippen molar-refractivity contribution in [1.29, 1.82) is 0 Å². The first-order valence-corrected chi connectivity index (χ1v) is 9.64. The Balaban J connectivity index is 0.000000311. The van der Waals surface area contributed by atoms with E-state index in [0.717, 1.165) is 0 Å². The summed E-state index contributed by atoms with van der Waals surface area (Å²) in [5.74, 6) is -1.82. The average Bonchev–Trinajstić information content (AvgIpc) is 2.75. The second kappa shape index (κ2) is 13.6. The minimum atomic E-state index is -0.624. The molecule has 2 rings (SSSR count). The molecule has 31 heavy (non-hydrogen) atoms. The van der Waals surface area contributed by atoms with Crippen LogP contribution in [-0.2, 0) is 19.1 Å². The number of hydrogen-bond acceptors (Lipinski definition) is 7. The molecule has 0 unspecified atom stereocenters. The predicted molar refractivity (Wildman–Crippen MR) is 110 cm³/mol. The number of carbonyl (C=O) groups excluding carboxylic acids is 4. The lowest BCUT2D eigenvalue weighted by atomic mass is 10.1. The Kier molecular flexibility index (Phi) is 11.2. The largest absolute Gasteiger partial charge is 0.497 e. The Morgan fingerprint density at radius 3 is 1.94 bits per heavy atom. The van der Waals surface area contributed by atoms with Crippen LogP contribution in [0.1, 0.15) is 53.8 Å². The monoisotopic (exact) mass is 432 g/mol. The molecule has 8 heteroatoms. The van der Waals surface area contributed by atoms with Crippen LogP contribution in [-0.4, -0.2) is 37.4 Å². The van der Waals surface area contributed by atoms with Crippen LogP contribution in [0.25, 0.3) is 0 Å². The quantitative estimate of drug-likeness (QED) is 0.351. The standard InChI is InChI=1S/C12H14O4.C11H11FO3/c1-3-4-11(13)16-12(14)9-5-7-10(15-2)8-6-9;1-2-15-11(14)7-10(13)8-3-5-9(12)6-4-8/h5-8H,3-4H2,1-2H3;3-6H,2,7H2,1H3. The van der Waals surface area contributed by atoms with Gasteiger partial charge in [-0.05, 0) is 61.9 Å². The molecule has 0 aliphatic heterocycles. The van der Waals surface area contributed by atoms with Gasteiger partial charge in [-0.2, -0.15) is 0 Å². The van der Waals surface area contributed by atoms with E-state index in [9.17, 15) is 23.6 Å². The van der Waals surface area contributed by atoms with Crippen molar-refractivity contribution in [2.75, 3.05) is 13.7 Å². The molecule has 2 aromatic rings. The van der Waals surface area contributed by atoms with E-state index in [-0.39, 0.29) is 25.2 Å². The van der Waals surface area contributed by atoms with Crippen LogP contribution < -0.4 is 4.74 Å². The van der Waals surface area contributed by atoms with Gasteiger partial charge in [0, 0.05) is 12.0 Å². The second-order valence-corrected chi connectivity index (χ2v) is 6.15. The van der Waals surface area contributed by atoms with Gasteiger partial charge < -0.3 is 14.2 Å². The molecule has 0 spiro atoms. The Morgan fingerprint density at radius 1 is 0.839 bits per heavy atom. The summed E-state index contributed by atoms with van der Waals surface area (Å²) in [7, 11) is 1.54. The smallest absolute Gasteiger partial charge is 0.345 e. The maximum atomic E-state index is 12.5. The lowest BCUT2D eigenvalue weighted by molar-refractivity contribution is -0.142. The van der Waals surface area contributed by atoms with Gasteiger partial charge in [-0.15, -0.1) is 0 Å². The van der Waals surface area contributed by atoms with Crippen molar-refractivity contribution < 1.29 is 37.8 Å². The maximum absolute atomic E-state index is 12.5. The molecule has 0 saturated carbocycles. The fourth-order valence-electron chi connectivity index (χ4n) is 2.23. The number of carbonyl (C=O) groups is 4. The molecule has 0 fully saturated rings. The Hall–Kier alpha value is -3.55. The third kappa shape index (κ3) is 9.66. The van der Waals surface area contributed by atoms with E-state index in [1.165, 1.54) is 31.4 Å². The lowest BCUT2D eigenvalue weighted by Crippen LogP contribution is -2.11. The summed E-state index contributed by atoms with van der Waals surface area (Å²) < 4.78 is 26.7. The zero-order chi connectivity index (χ0) is 23.2. The van der Waals surface area contributed by atoms with Crippen molar-refractivity contribution in [3.05, 3.63) is 65.5 Å². The van der Waals surface area contributed by atoms with E-state index in [4.69, 9.17) is 4.74 Å². The Morgan fingerprint density at radius 2 is 1.42 bits per heavy atom. The highest BCUT2D eigenvalue weighted by atomic mass is 19.1. The van der Waals surface area contributed by atoms with Gasteiger partial charge in [-0.3, -0.25) is 14.4 Å². The summed E-state index contributed by atoms with van der Waals surface area (Å²) >= 11 is 0. The summed E-state index contributed by atoms with van der Waals surface area (Å²) in [5, 5.41) is 0. The van der Waals surface area contributed by atoms with Gasteiger partial charge in [0.2, 0.25) is 0 Å². The van der Waals surface area contributed by atoms with E-state index in [2.05, 4.69) is 9.47 Å². The number of ketones is 1. The molecule has 0 aliphatic carbocycles. The molecule has 0 saturated heterocycles. The summed E-state index contributed by atoms with van der Waals surface area (Å²) in [6, 6.07) is 11.4. The van der Waals surface area contributed by atoms with Crippen LogP contribution in [0.15, 0.2) is 48.5 Å². The van der Waals surface area contributed by atoms with Crippen molar-refractivity contribution in [2.24, 2.45) is 0 Å². The van der Waals surface area contributed by atoms with Gasteiger partial charge in [-0.1, -0.05) is 6.92 Å². The van der Waals surface area contributed by atoms with Crippen molar-refractivity contribution >= 4 is 23.7 Å². The summed E-state index contributed by atoms with van der Waals surface area (Å²) in [6.07, 6.45) is 0.607. The van der Waals surface area contributed by atoms with Crippen molar-refractivity contribution in [3.8, 4) is 5.75 Å². The maximum Gasteiger partial charge on any atom is 0.345 e. The number of halogens is 1. The summed E-state index contributed by atoms with van der Waals surface area (Å²) in [6.45, 7) is 3.76. The van der Waals surface area contributed by atoms with Crippen molar-refractivity contribution in [1.82, 2.24) is 0 Å². The van der Waals surface area contributed by atoms with Gasteiger partial charge >= 0.3 is 17.9 Å². The Bertz CT molecular complexity index is 874. The molecular weight excluding hydrogens is 407 g/mol. The highest BCUT2D eigenvalue weighted by Gasteiger charge is 2.13. The van der Waals surface area contributed by atoms with Crippen LogP contribution in [0.3, 0.4) is 0 Å². The molecule has 0 aromatic heterocycles. The van der Waals surface area contributed by atoms with Crippen molar-refractivity contribution in [3.63, 3.8) is 0 Å². The van der Waals surface area contributed by atoms with Crippen LogP contribution in [0.4, 0.5) is 4.39 Å². The van der Waals surface area contributed by atoms with Gasteiger partial charge in [0.1, 0.15) is 18.0 Å². The molecular formula is C23H25FO7. The summed E-state index contributed by atoms with van der Waals surface area (Å²) in [4.78, 5) is 44.9. The van der Waals surface area contributed by atoms with Crippen LogP contribution in [0, 0.1) is 5.82 Å². The SMILES string of the molecule is CCCC(=O)OC(=O)c1ccc(OC)cc1.CCOC(=O)CC(=O)c1ccc(F)cc1. The normalized spacial score (nSPS) is 9.68. The van der Waals surface area contributed by atoms with E-state index >= 15 is 0 Å². The molecule has 7 nitrogen and oxygen atoms in total. The zero-order valence-corrected chi connectivity index (χ0v) is 17.7. The van der Waals surface area contributed by atoms with Gasteiger partial charge in [0.05, 0.1) is 19.3 Å². The van der Waals surface area contributed by atoms with Crippen LogP contribution >= 0.6 is 0 Å². The number of rotatable bonds is 8. The van der Waals surface area contributed by atoms with Gasteiger partial charge in [-0.25, -0.2) is 9.18 Å². The number of benzene rings is 2. The molecule has 0 radical (unpaired) electrons. The molecule has 0 atom stereocenters. The minimum absolute atomic E-state index is 0.246. The molecule has 166 valence electrons. The van der Waals surface area contributed by atoms with E-state index in [1.807, 2.05) is 6.92 Å². The minimum Gasteiger partial charge on any atom is -0.497 e. The molecule has 0 bridgehead atoms. The fourth-order valence-corrected chi connectivity index (χ4v) is 2.23. The topological polar surface area (TPSA) is 96.0 Å². The van der Waals surface area contributed by atoms with E-state index in [1.54, 1.807) is 31.2 Å². The first-order valence-electron chi connectivity index (χ1n) is 9.64. The fraction of sp³-hybridized carbons (Fsp3) is 0.304. The van der Waals surface area contributed by atoms with Gasteiger partial charge in [0.25, 0.3) is 0 Å². The Labute approximate surface area is 180 Å². The molecule has 0 aliphatic rings. The number of methoxy groups -OCH3 is 1. The second-order valence-electron chi connectivity index (χ2n) is 6.15. The average molecular weight is 432 g/mol. The third-order valence-corrected chi connectivity index (χ3v) is 3.76. The highest BCUT2D eigenvalue weighted by molar-refractivity contribution is 6.05. The van der Waals surface area contributed by atoms with Crippen LogP contribution in [0.5, 0.6) is 5.75 Å². The number of ether oxygens (including phenoxy) is 3. The third-order valence-electron chi connectivity index (χ3n) is 3.76. The predicted octanol–water partition coefficient (Wildman–Crippen LogP) is 4.14. The molecule has 2 aromatic carbocycles. The molecule has 0 heterocycles. The first-order chi connectivity index (χ1) is 14.8. The van der Waals surface area contributed by atoms with E-state index in [0.29, 0.717) is 23.3 Å². The first kappa shape index (κ1) is 25.5. The van der Waals surface area contributed by atoms with Crippen molar-refractivity contribution in [2.45, 2.75) is 33.1 Å². The van der Waals surface area contributed by atoms with Crippen LogP contribution in [0.2, 0.25) is 0 Å². The number of hydrogen-bond donors (Lipinski definition) is 0. The number of esters is 3. The van der Waals surface area contributed by atoms with Gasteiger partial charge in [0.15, 0.2) is 5.78 Å². The lowest BCUT2D eigenvalue weighted by Gasteiger charge is -2.03.